The van der Waals surface area contributed by atoms with Gasteiger partial charge in [-0.05, 0) is 49.6 Å². The van der Waals surface area contributed by atoms with Gasteiger partial charge in [0.05, 0.1) is 17.5 Å². The Labute approximate surface area is 158 Å². The third kappa shape index (κ3) is 5.07. The topological polar surface area (TPSA) is 71.3 Å². The Bertz CT molecular complexity index is 889. The van der Waals surface area contributed by atoms with Gasteiger partial charge in [-0.2, -0.15) is 0 Å². The fourth-order valence-corrected chi connectivity index (χ4v) is 2.78. The van der Waals surface area contributed by atoms with Gasteiger partial charge in [-0.15, -0.1) is 0 Å². The lowest BCUT2D eigenvalue weighted by atomic mass is 10.1. The second-order valence-corrected chi connectivity index (χ2v) is 6.38. The summed E-state index contributed by atoms with van der Waals surface area (Å²) in [5.74, 6) is -0.412. The maximum atomic E-state index is 12.7. The molecule has 27 heavy (non-hydrogen) atoms. The van der Waals surface area contributed by atoms with Crippen molar-refractivity contribution in [1.29, 1.82) is 0 Å². The standard InChI is InChI=1S/C22H22N2O3/c1-16(13-14-17-8-3-2-4-9-17)23-21(25)18-10-5-6-11-19(18)24-22(26)20-12-7-15-27-20/h2-12,15-16H,13-14H2,1H3,(H,23,25)(H,24,26). The van der Waals surface area contributed by atoms with Crippen LogP contribution in [0.4, 0.5) is 5.69 Å². The molecule has 0 spiro atoms. The van der Waals surface area contributed by atoms with Crippen molar-refractivity contribution < 1.29 is 14.0 Å². The summed E-state index contributed by atoms with van der Waals surface area (Å²) < 4.78 is 5.09. The van der Waals surface area contributed by atoms with Crippen molar-refractivity contribution >= 4 is 17.5 Å². The summed E-state index contributed by atoms with van der Waals surface area (Å²) >= 11 is 0. The van der Waals surface area contributed by atoms with Gasteiger partial charge in [0.2, 0.25) is 0 Å². The van der Waals surface area contributed by atoms with Crippen LogP contribution in [0.2, 0.25) is 0 Å². The first-order chi connectivity index (χ1) is 13.1. The molecule has 2 aromatic carbocycles. The van der Waals surface area contributed by atoms with E-state index in [2.05, 4.69) is 22.8 Å². The number of carbonyl (C=O) groups excluding carboxylic acids is 2. The first-order valence-electron chi connectivity index (χ1n) is 8.92. The molecule has 2 amide bonds. The quantitative estimate of drug-likeness (QED) is 0.659. The molecule has 0 radical (unpaired) electrons. The van der Waals surface area contributed by atoms with Crippen LogP contribution in [-0.2, 0) is 6.42 Å². The van der Waals surface area contributed by atoms with Crippen LogP contribution in [0.3, 0.4) is 0 Å². The third-order valence-electron chi connectivity index (χ3n) is 4.25. The van der Waals surface area contributed by atoms with Crippen molar-refractivity contribution in [2.24, 2.45) is 0 Å². The van der Waals surface area contributed by atoms with Gasteiger partial charge >= 0.3 is 0 Å². The van der Waals surface area contributed by atoms with E-state index >= 15 is 0 Å². The monoisotopic (exact) mass is 362 g/mol. The SMILES string of the molecule is CC(CCc1ccccc1)NC(=O)c1ccccc1NC(=O)c1ccco1. The Morgan fingerprint density at radius 2 is 1.67 bits per heavy atom. The molecule has 0 aliphatic rings. The van der Waals surface area contributed by atoms with E-state index in [9.17, 15) is 9.59 Å². The number of benzene rings is 2. The van der Waals surface area contributed by atoms with Crippen LogP contribution in [0.15, 0.2) is 77.4 Å². The van der Waals surface area contributed by atoms with E-state index < -0.39 is 5.91 Å². The zero-order valence-corrected chi connectivity index (χ0v) is 15.1. The van der Waals surface area contributed by atoms with E-state index in [1.54, 1.807) is 36.4 Å². The molecule has 0 fully saturated rings. The van der Waals surface area contributed by atoms with Crippen molar-refractivity contribution in [3.8, 4) is 0 Å². The maximum absolute atomic E-state index is 12.7. The number of rotatable bonds is 7. The predicted molar refractivity (Wildman–Crippen MR) is 105 cm³/mol. The molecule has 0 bridgehead atoms. The molecule has 1 aromatic heterocycles. The Hall–Kier alpha value is -3.34. The summed E-state index contributed by atoms with van der Waals surface area (Å²) in [6.45, 7) is 1.98. The molecule has 138 valence electrons. The minimum absolute atomic E-state index is 0.00605. The summed E-state index contributed by atoms with van der Waals surface area (Å²) in [4.78, 5) is 24.9. The molecule has 0 aliphatic carbocycles. The molecule has 1 atom stereocenters. The average Bonchev–Trinajstić information content (AvgIpc) is 3.22. The smallest absolute Gasteiger partial charge is 0.291 e. The van der Waals surface area contributed by atoms with Crippen molar-refractivity contribution in [3.05, 3.63) is 89.9 Å². The van der Waals surface area contributed by atoms with Gasteiger partial charge in [-0.3, -0.25) is 9.59 Å². The van der Waals surface area contributed by atoms with Crippen LogP contribution in [0.1, 0.15) is 39.8 Å². The minimum Gasteiger partial charge on any atom is -0.459 e. The highest BCUT2D eigenvalue weighted by molar-refractivity contribution is 6.07. The normalized spacial score (nSPS) is 11.6. The van der Waals surface area contributed by atoms with Crippen molar-refractivity contribution in [2.75, 3.05) is 5.32 Å². The fraction of sp³-hybridized carbons (Fsp3) is 0.182. The second-order valence-electron chi connectivity index (χ2n) is 6.38. The first kappa shape index (κ1) is 18.5. The molecule has 0 saturated heterocycles. The number of carbonyl (C=O) groups is 2. The van der Waals surface area contributed by atoms with Crippen molar-refractivity contribution in [3.63, 3.8) is 0 Å². The Morgan fingerprint density at radius 1 is 0.926 bits per heavy atom. The largest absolute Gasteiger partial charge is 0.459 e. The highest BCUT2D eigenvalue weighted by Crippen LogP contribution is 2.17. The first-order valence-corrected chi connectivity index (χ1v) is 8.92. The van der Waals surface area contributed by atoms with Gasteiger partial charge in [-0.1, -0.05) is 42.5 Å². The van der Waals surface area contributed by atoms with Crippen LogP contribution in [0.5, 0.6) is 0 Å². The second kappa shape index (κ2) is 8.85. The fourth-order valence-electron chi connectivity index (χ4n) is 2.78. The molecule has 0 saturated carbocycles. The van der Waals surface area contributed by atoms with E-state index in [4.69, 9.17) is 4.42 Å². The molecule has 3 aromatic rings. The lowest BCUT2D eigenvalue weighted by Gasteiger charge is -2.16. The maximum Gasteiger partial charge on any atom is 0.291 e. The van der Waals surface area contributed by atoms with Crippen molar-refractivity contribution in [2.45, 2.75) is 25.8 Å². The molecule has 3 rings (SSSR count). The van der Waals surface area contributed by atoms with Gasteiger partial charge in [0.25, 0.3) is 11.8 Å². The Kier molecular flexibility index (Phi) is 6.05. The number of aryl methyl sites for hydroxylation is 1. The van der Waals surface area contributed by atoms with Crippen LogP contribution in [0, 0.1) is 0 Å². The highest BCUT2D eigenvalue weighted by Gasteiger charge is 2.16. The zero-order chi connectivity index (χ0) is 19.1. The lowest BCUT2D eigenvalue weighted by molar-refractivity contribution is 0.0939. The molecular weight excluding hydrogens is 340 g/mol. The van der Waals surface area contributed by atoms with Gasteiger partial charge in [0.1, 0.15) is 0 Å². The number of para-hydroxylation sites is 1. The van der Waals surface area contributed by atoms with Crippen LogP contribution in [-0.4, -0.2) is 17.9 Å². The van der Waals surface area contributed by atoms with E-state index in [0.29, 0.717) is 11.3 Å². The van der Waals surface area contributed by atoms with E-state index in [-0.39, 0.29) is 17.7 Å². The number of hydrogen-bond donors (Lipinski definition) is 2. The average molecular weight is 362 g/mol. The molecule has 0 aliphatic heterocycles. The molecule has 1 heterocycles. The molecular formula is C22H22N2O3. The van der Waals surface area contributed by atoms with Crippen molar-refractivity contribution in [1.82, 2.24) is 5.32 Å². The number of anilines is 1. The Morgan fingerprint density at radius 3 is 2.41 bits per heavy atom. The van der Waals surface area contributed by atoms with Crippen LogP contribution < -0.4 is 10.6 Å². The number of furan rings is 1. The van der Waals surface area contributed by atoms with E-state index in [0.717, 1.165) is 12.8 Å². The van der Waals surface area contributed by atoms with E-state index in [1.807, 2.05) is 25.1 Å². The third-order valence-corrected chi connectivity index (χ3v) is 4.25. The summed E-state index contributed by atoms with van der Waals surface area (Å²) in [6.07, 6.45) is 3.15. The van der Waals surface area contributed by atoms with Crippen LogP contribution >= 0.6 is 0 Å². The summed E-state index contributed by atoms with van der Waals surface area (Å²) in [6, 6.07) is 20.3. The van der Waals surface area contributed by atoms with Gasteiger partial charge < -0.3 is 15.1 Å². The van der Waals surface area contributed by atoms with Gasteiger partial charge in [0.15, 0.2) is 5.76 Å². The van der Waals surface area contributed by atoms with Crippen LogP contribution in [0.25, 0.3) is 0 Å². The molecule has 5 nitrogen and oxygen atoms in total. The van der Waals surface area contributed by atoms with Gasteiger partial charge in [-0.25, -0.2) is 0 Å². The minimum atomic E-state index is -0.391. The highest BCUT2D eigenvalue weighted by atomic mass is 16.3. The van der Waals surface area contributed by atoms with E-state index in [1.165, 1.54) is 11.8 Å². The predicted octanol–water partition coefficient (Wildman–Crippen LogP) is 4.28. The number of nitrogens with one attached hydrogen (secondary N) is 2. The molecule has 5 heteroatoms. The number of amides is 2. The summed E-state index contributed by atoms with van der Waals surface area (Å²) in [5.41, 5.74) is 2.11. The summed E-state index contributed by atoms with van der Waals surface area (Å²) in [7, 11) is 0. The van der Waals surface area contributed by atoms with Gasteiger partial charge in [0, 0.05) is 6.04 Å². The number of hydrogen-bond acceptors (Lipinski definition) is 3. The zero-order valence-electron chi connectivity index (χ0n) is 15.1. The Balaban J connectivity index is 1.61. The lowest BCUT2D eigenvalue weighted by Crippen LogP contribution is -2.33. The molecule has 2 N–H and O–H groups in total. The summed E-state index contributed by atoms with van der Waals surface area (Å²) in [5, 5.41) is 5.73. The molecule has 1 unspecified atom stereocenters.